The third-order valence-corrected chi connectivity index (χ3v) is 8.97. The van der Waals surface area contributed by atoms with Crippen LogP contribution in [0.1, 0.15) is 29.4 Å². The number of aliphatic hydroxyl groups is 1. The number of esters is 1. The Labute approximate surface area is 233 Å². The number of ether oxygens (including phenoxy) is 2. The van der Waals surface area contributed by atoms with Crippen LogP contribution in [0.3, 0.4) is 0 Å². The SMILES string of the molecule is CC(=O)OCc1cnc(C)c2c1CNP(=O)(OC[C@H]1O[C@@](C#N)(c3ccc4c(=O)[nH]c(N)nn34)C(F)(Br)[C@H]1O)O2. The van der Waals surface area contributed by atoms with Crippen molar-refractivity contribution in [3.05, 3.63) is 51.2 Å². The fourth-order valence-electron chi connectivity index (χ4n) is 4.48. The van der Waals surface area contributed by atoms with E-state index in [2.05, 4.69) is 36.1 Å². The number of nitrogens with zero attached hydrogens (tertiary/aromatic N) is 4. The molecule has 15 nitrogen and oxygen atoms in total. The van der Waals surface area contributed by atoms with E-state index in [4.69, 9.17) is 24.3 Å². The van der Waals surface area contributed by atoms with Gasteiger partial charge in [-0.3, -0.25) is 24.1 Å². The molecule has 3 aromatic heterocycles. The number of alkyl halides is 2. The number of nitrogen functional groups attached to an aromatic ring is 1. The maximum absolute atomic E-state index is 16.1. The number of aromatic nitrogens is 4. The number of anilines is 1. The van der Waals surface area contributed by atoms with Crippen molar-refractivity contribution in [1.82, 2.24) is 24.7 Å². The fraction of sp³-hybridized carbons (Fsp3) is 0.409. The topological polar surface area (TPSA) is 216 Å². The van der Waals surface area contributed by atoms with Crippen molar-refractivity contribution in [2.75, 3.05) is 12.3 Å². The highest BCUT2D eigenvalue weighted by Gasteiger charge is 2.69. The predicted octanol–water partition coefficient (Wildman–Crippen LogP) is 1.22. The van der Waals surface area contributed by atoms with Crippen molar-refractivity contribution >= 4 is 41.1 Å². The number of pyridine rings is 1. The Hall–Kier alpha value is -3.39. The predicted molar refractivity (Wildman–Crippen MR) is 137 cm³/mol. The molecular weight excluding hydrogens is 620 g/mol. The minimum atomic E-state index is -4.10. The Morgan fingerprint density at radius 3 is 2.95 bits per heavy atom. The Morgan fingerprint density at radius 2 is 2.25 bits per heavy atom. The molecule has 0 bridgehead atoms. The fourth-order valence-corrected chi connectivity index (χ4v) is 6.55. The number of carbonyl (C=O) groups excluding carboxylic acids is 1. The number of fused-ring (bicyclic) bond motifs is 2. The summed E-state index contributed by atoms with van der Waals surface area (Å²) in [6, 6.07) is 4.24. The molecule has 5 atom stereocenters. The summed E-state index contributed by atoms with van der Waals surface area (Å²) in [7, 11) is -4.10. The number of hydrogen-bond acceptors (Lipinski definition) is 12. The van der Waals surface area contributed by atoms with E-state index in [-0.39, 0.29) is 36.1 Å². The highest BCUT2D eigenvalue weighted by molar-refractivity contribution is 9.10. The number of nitrogens with one attached hydrogen (secondary N) is 2. The summed E-state index contributed by atoms with van der Waals surface area (Å²) in [5.41, 5.74) is 3.61. The molecule has 2 aliphatic rings. The van der Waals surface area contributed by atoms with E-state index in [0.29, 0.717) is 16.8 Å². The van der Waals surface area contributed by atoms with Crippen molar-refractivity contribution in [3.8, 4) is 11.8 Å². The third kappa shape index (κ3) is 4.46. The minimum absolute atomic E-state index is 0.00788. The second kappa shape index (κ2) is 9.91. The monoisotopic (exact) mass is 641 g/mol. The standard InChI is InChI=1S/C22H22BrFN7O8P/c1-10-17-13(12(5-27-10)7-36-11(2)32)6-28-40(35,39-17)37-8-15-18(33)22(23,24)21(9-25,38-15)16-4-3-14-19(34)29-20(26)30-31(14)16/h3-5,15,18,33H,6-8H2,1-2H3,(H,28,35)(H3,26,29,30,34)/t15-,18+,21+,22?,40?/m1/s1. The molecule has 2 unspecified atom stereocenters. The first-order chi connectivity index (χ1) is 18.8. The molecular formula is C22H22BrFN7O8P. The average Bonchev–Trinajstić information content (AvgIpc) is 3.40. The van der Waals surface area contributed by atoms with E-state index < -0.39 is 48.3 Å². The molecule has 1 fully saturated rings. The van der Waals surface area contributed by atoms with Gasteiger partial charge in [-0.25, -0.2) is 18.6 Å². The van der Waals surface area contributed by atoms with Crippen LogP contribution in [0.5, 0.6) is 5.75 Å². The zero-order chi connectivity index (χ0) is 29.0. The van der Waals surface area contributed by atoms with Crippen LogP contribution >= 0.6 is 23.7 Å². The molecule has 3 aromatic rings. The van der Waals surface area contributed by atoms with Gasteiger partial charge in [0.2, 0.25) is 16.1 Å². The van der Waals surface area contributed by atoms with Gasteiger partial charge in [-0.2, -0.15) is 5.26 Å². The van der Waals surface area contributed by atoms with Crippen molar-refractivity contribution in [1.29, 1.82) is 5.26 Å². The number of carbonyl (C=O) groups is 1. The van der Waals surface area contributed by atoms with Crippen molar-refractivity contribution in [2.45, 2.75) is 49.4 Å². The van der Waals surface area contributed by atoms with Crippen LogP contribution in [0.15, 0.2) is 23.1 Å². The highest BCUT2D eigenvalue weighted by Crippen LogP contribution is 2.55. The maximum Gasteiger partial charge on any atom is 0.459 e. The zero-order valence-corrected chi connectivity index (χ0v) is 23.4. The Morgan fingerprint density at radius 1 is 1.50 bits per heavy atom. The number of H-pyrrole nitrogens is 1. The molecule has 0 aromatic carbocycles. The largest absolute Gasteiger partial charge is 0.461 e. The van der Waals surface area contributed by atoms with Gasteiger partial charge in [0.05, 0.1) is 18.0 Å². The number of aliphatic hydroxyl groups excluding tert-OH is 1. The van der Waals surface area contributed by atoms with Crippen LogP contribution in [0.25, 0.3) is 5.52 Å². The van der Waals surface area contributed by atoms with Crippen LogP contribution in [0.4, 0.5) is 10.3 Å². The second-order valence-electron chi connectivity index (χ2n) is 9.05. The van der Waals surface area contributed by atoms with Crippen LogP contribution in [0, 0.1) is 18.3 Å². The first-order valence-corrected chi connectivity index (χ1v) is 14.0. The number of rotatable bonds is 6. The molecule has 40 heavy (non-hydrogen) atoms. The molecule has 5 N–H and O–H groups in total. The molecule has 0 radical (unpaired) electrons. The lowest BCUT2D eigenvalue weighted by molar-refractivity contribution is -0.142. The van der Waals surface area contributed by atoms with Crippen LogP contribution in [-0.4, -0.2) is 54.1 Å². The zero-order valence-electron chi connectivity index (χ0n) is 20.9. The highest BCUT2D eigenvalue weighted by atomic mass is 79.9. The van der Waals surface area contributed by atoms with Crippen molar-refractivity contribution in [3.63, 3.8) is 0 Å². The van der Waals surface area contributed by atoms with Gasteiger partial charge in [-0.05, 0) is 35.0 Å². The lowest BCUT2D eigenvalue weighted by Crippen LogP contribution is -2.46. The Bertz CT molecular complexity index is 1670. The first kappa shape index (κ1) is 28.1. The van der Waals surface area contributed by atoms with E-state index in [1.807, 2.05) is 0 Å². The Balaban J connectivity index is 1.40. The molecule has 0 saturated carbocycles. The lowest BCUT2D eigenvalue weighted by atomic mass is 9.93. The van der Waals surface area contributed by atoms with Crippen LogP contribution < -0.4 is 20.9 Å². The normalized spacial score (nSPS) is 29.5. The molecule has 1 saturated heterocycles. The van der Waals surface area contributed by atoms with Gasteiger partial charge in [0.15, 0.2) is 5.75 Å². The minimum Gasteiger partial charge on any atom is -0.461 e. The second-order valence-corrected chi connectivity index (χ2v) is 12.0. The average molecular weight is 642 g/mol. The van der Waals surface area contributed by atoms with E-state index in [0.717, 1.165) is 4.52 Å². The summed E-state index contributed by atoms with van der Waals surface area (Å²) in [5, 5.41) is 27.5. The van der Waals surface area contributed by atoms with Crippen molar-refractivity contribution < 1.29 is 37.4 Å². The number of nitrogens with two attached hydrogens (primary N) is 1. The van der Waals surface area contributed by atoms with Crippen LogP contribution in [-0.2, 0) is 42.1 Å². The van der Waals surface area contributed by atoms with Gasteiger partial charge in [0.25, 0.3) is 5.56 Å². The summed E-state index contributed by atoms with van der Waals surface area (Å²) < 4.78 is 49.4. The molecule has 2 aliphatic heterocycles. The van der Waals surface area contributed by atoms with Crippen LogP contribution in [0.2, 0.25) is 0 Å². The van der Waals surface area contributed by atoms with Gasteiger partial charge in [-0.15, -0.1) is 5.10 Å². The maximum atomic E-state index is 16.1. The molecule has 0 amide bonds. The molecule has 5 heterocycles. The number of halogens is 2. The number of hydrogen-bond donors (Lipinski definition) is 4. The lowest BCUT2D eigenvalue weighted by Gasteiger charge is -2.29. The van der Waals surface area contributed by atoms with Gasteiger partial charge in [0.1, 0.15) is 30.4 Å². The van der Waals surface area contributed by atoms with E-state index in [9.17, 15) is 24.5 Å². The van der Waals surface area contributed by atoms with Gasteiger partial charge >= 0.3 is 13.7 Å². The number of aryl methyl sites for hydroxylation is 1. The van der Waals surface area contributed by atoms with E-state index >= 15 is 4.39 Å². The molecule has 0 aliphatic carbocycles. The van der Waals surface area contributed by atoms with Gasteiger partial charge in [-0.1, -0.05) is 0 Å². The summed E-state index contributed by atoms with van der Waals surface area (Å²) in [4.78, 5) is 29.9. The quantitative estimate of drug-likeness (QED) is 0.169. The smallest absolute Gasteiger partial charge is 0.459 e. The summed E-state index contributed by atoms with van der Waals surface area (Å²) >= 11 is 2.78. The van der Waals surface area contributed by atoms with Gasteiger partial charge < -0.3 is 24.8 Å². The number of aromatic amines is 1. The first-order valence-electron chi connectivity index (χ1n) is 11.6. The summed E-state index contributed by atoms with van der Waals surface area (Å²) in [6.45, 7) is 2.11. The molecule has 212 valence electrons. The third-order valence-electron chi connectivity index (χ3n) is 6.48. The number of nitriles is 1. The van der Waals surface area contributed by atoms with Crippen molar-refractivity contribution in [2.24, 2.45) is 0 Å². The molecule has 0 spiro atoms. The molecule has 5 rings (SSSR count). The molecule has 18 heteroatoms. The van der Waals surface area contributed by atoms with E-state index in [1.165, 1.54) is 25.3 Å². The summed E-state index contributed by atoms with van der Waals surface area (Å²) in [6.07, 6.45) is -2.05. The van der Waals surface area contributed by atoms with E-state index in [1.54, 1.807) is 13.0 Å². The summed E-state index contributed by atoms with van der Waals surface area (Å²) in [5.74, 6) is -0.647. The van der Waals surface area contributed by atoms with Gasteiger partial charge in [0, 0.05) is 30.8 Å². The Kier molecular flexibility index (Phi) is 6.97.